The van der Waals surface area contributed by atoms with Crippen LogP contribution in [0.3, 0.4) is 0 Å². The Morgan fingerprint density at radius 1 is 1.07 bits per heavy atom. The lowest BCUT2D eigenvalue weighted by Crippen LogP contribution is -2.28. The lowest BCUT2D eigenvalue weighted by molar-refractivity contribution is 1.14. The summed E-state index contributed by atoms with van der Waals surface area (Å²) >= 11 is 3.35. The van der Waals surface area contributed by atoms with Crippen molar-refractivity contribution in [1.29, 1.82) is 0 Å². The van der Waals surface area contributed by atoms with E-state index in [1.807, 2.05) is 6.92 Å². The molecule has 0 saturated carbocycles. The van der Waals surface area contributed by atoms with E-state index in [0.717, 1.165) is 10.0 Å². The van der Waals surface area contributed by atoms with Crippen LogP contribution in [0.2, 0.25) is 0 Å². The second kappa shape index (κ2) is 3.09. The Kier molecular flexibility index (Phi) is 2.03. The number of fused-ring (bicyclic) bond motifs is 1. The van der Waals surface area contributed by atoms with Gasteiger partial charge < -0.3 is 9.97 Å². The van der Waals surface area contributed by atoms with Gasteiger partial charge >= 0.3 is 11.1 Å². The van der Waals surface area contributed by atoms with Crippen molar-refractivity contribution >= 4 is 27.0 Å². The molecule has 0 unspecified atom stereocenters. The third-order valence-electron chi connectivity index (χ3n) is 2.00. The SMILES string of the molecule is Cc1cc2[nH]c(=O)c(=O)[nH]c2cc1Br. The zero-order valence-electron chi connectivity index (χ0n) is 7.35. The number of aromatic nitrogens is 2. The van der Waals surface area contributed by atoms with Gasteiger partial charge in [-0.3, -0.25) is 9.59 Å². The number of halogens is 1. The number of nitrogens with one attached hydrogen (secondary N) is 2. The Hall–Kier alpha value is -1.36. The van der Waals surface area contributed by atoms with Gasteiger partial charge in [0.1, 0.15) is 0 Å². The van der Waals surface area contributed by atoms with E-state index in [1.165, 1.54) is 0 Å². The smallest absolute Gasteiger partial charge is 0.314 e. The summed E-state index contributed by atoms with van der Waals surface area (Å²) in [5.74, 6) is 0. The number of aryl methyl sites for hydroxylation is 1. The molecule has 14 heavy (non-hydrogen) atoms. The van der Waals surface area contributed by atoms with Crippen LogP contribution in [-0.4, -0.2) is 9.97 Å². The van der Waals surface area contributed by atoms with Gasteiger partial charge in [0.2, 0.25) is 0 Å². The van der Waals surface area contributed by atoms with Crippen molar-refractivity contribution in [2.75, 3.05) is 0 Å². The van der Waals surface area contributed by atoms with Crippen LogP contribution in [0.1, 0.15) is 5.56 Å². The van der Waals surface area contributed by atoms with Crippen LogP contribution in [0.15, 0.2) is 26.2 Å². The number of H-pyrrole nitrogens is 2. The highest BCUT2D eigenvalue weighted by molar-refractivity contribution is 9.10. The predicted molar refractivity (Wildman–Crippen MR) is 57.6 cm³/mol. The van der Waals surface area contributed by atoms with Gasteiger partial charge in [0, 0.05) is 4.47 Å². The third-order valence-corrected chi connectivity index (χ3v) is 2.86. The molecule has 0 aliphatic carbocycles. The maximum atomic E-state index is 11.0. The van der Waals surface area contributed by atoms with Crippen molar-refractivity contribution in [2.45, 2.75) is 6.92 Å². The molecule has 4 nitrogen and oxygen atoms in total. The lowest BCUT2D eigenvalue weighted by atomic mass is 10.2. The van der Waals surface area contributed by atoms with E-state index in [0.29, 0.717) is 11.0 Å². The quantitative estimate of drug-likeness (QED) is 0.696. The van der Waals surface area contributed by atoms with Crippen LogP contribution in [0.5, 0.6) is 0 Å². The van der Waals surface area contributed by atoms with Crippen molar-refractivity contribution in [1.82, 2.24) is 9.97 Å². The summed E-state index contributed by atoms with van der Waals surface area (Å²) in [7, 11) is 0. The lowest BCUT2D eigenvalue weighted by Gasteiger charge is -2.01. The molecule has 2 aromatic rings. The number of benzene rings is 1. The van der Waals surface area contributed by atoms with Crippen LogP contribution in [0.25, 0.3) is 11.0 Å². The molecular formula is C9H7BrN2O2. The summed E-state index contributed by atoms with van der Waals surface area (Å²) < 4.78 is 0.896. The normalized spacial score (nSPS) is 10.7. The summed E-state index contributed by atoms with van der Waals surface area (Å²) in [6.07, 6.45) is 0. The largest absolute Gasteiger partial charge is 0.316 e. The van der Waals surface area contributed by atoms with E-state index in [4.69, 9.17) is 0 Å². The van der Waals surface area contributed by atoms with E-state index in [-0.39, 0.29) is 0 Å². The minimum atomic E-state index is -0.631. The Balaban J connectivity index is 2.97. The topological polar surface area (TPSA) is 65.7 Å². The molecule has 0 spiro atoms. The molecule has 0 atom stereocenters. The highest BCUT2D eigenvalue weighted by atomic mass is 79.9. The molecule has 0 aliphatic rings. The molecule has 2 rings (SSSR count). The van der Waals surface area contributed by atoms with Crippen molar-refractivity contribution in [2.24, 2.45) is 0 Å². The van der Waals surface area contributed by atoms with E-state index in [2.05, 4.69) is 25.9 Å². The van der Waals surface area contributed by atoms with Gasteiger partial charge in [0.25, 0.3) is 0 Å². The number of hydrogen-bond acceptors (Lipinski definition) is 2. The van der Waals surface area contributed by atoms with E-state index >= 15 is 0 Å². The zero-order chi connectivity index (χ0) is 10.3. The first-order valence-electron chi connectivity index (χ1n) is 4.00. The molecule has 0 aliphatic heterocycles. The summed E-state index contributed by atoms with van der Waals surface area (Å²) in [5.41, 5.74) is 0.995. The van der Waals surface area contributed by atoms with Crippen LogP contribution in [0.4, 0.5) is 0 Å². The van der Waals surface area contributed by atoms with Crippen molar-refractivity contribution in [3.8, 4) is 0 Å². The summed E-state index contributed by atoms with van der Waals surface area (Å²) in [6.45, 7) is 1.91. The Bertz CT molecular complexity index is 558. The van der Waals surface area contributed by atoms with Crippen LogP contribution in [-0.2, 0) is 0 Å². The van der Waals surface area contributed by atoms with Gasteiger partial charge in [-0.25, -0.2) is 0 Å². The second-order valence-corrected chi connectivity index (χ2v) is 3.91. The standard InChI is InChI=1S/C9H7BrN2O2/c1-4-2-6-7(3-5(4)10)12-9(14)8(13)11-6/h2-3H,1H3,(H,11,13)(H,12,14). The van der Waals surface area contributed by atoms with Crippen molar-refractivity contribution in [3.05, 3.63) is 42.9 Å². The molecule has 0 radical (unpaired) electrons. The van der Waals surface area contributed by atoms with Gasteiger partial charge in [0.15, 0.2) is 0 Å². The predicted octanol–water partition coefficient (Wildman–Crippen LogP) is 1.29. The highest BCUT2D eigenvalue weighted by Crippen LogP contribution is 2.19. The Morgan fingerprint density at radius 3 is 2.14 bits per heavy atom. The van der Waals surface area contributed by atoms with Crippen LogP contribution >= 0.6 is 15.9 Å². The van der Waals surface area contributed by atoms with Crippen LogP contribution in [0, 0.1) is 6.92 Å². The summed E-state index contributed by atoms with van der Waals surface area (Å²) in [5, 5.41) is 0. The summed E-state index contributed by atoms with van der Waals surface area (Å²) in [4.78, 5) is 27.0. The number of rotatable bonds is 0. The van der Waals surface area contributed by atoms with Crippen molar-refractivity contribution in [3.63, 3.8) is 0 Å². The van der Waals surface area contributed by atoms with E-state index in [1.54, 1.807) is 12.1 Å². The molecule has 0 amide bonds. The number of aromatic amines is 2. The average molecular weight is 255 g/mol. The van der Waals surface area contributed by atoms with E-state index < -0.39 is 11.1 Å². The average Bonchev–Trinajstić information content (AvgIpc) is 2.11. The molecule has 0 bridgehead atoms. The fraction of sp³-hybridized carbons (Fsp3) is 0.111. The second-order valence-electron chi connectivity index (χ2n) is 3.06. The first-order valence-corrected chi connectivity index (χ1v) is 4.79. The molecule has 5 heteroatoms. The highest BCUT2D eigenvalue weighted by Gasteiger charge is 2.01. The van der Waals surface area contributed by atoms with Crippen LogP contribution < -0.4 is 11.1 Å². The molecule has 72 valence electrons. The third kappa shape index (κ3) is 1.39. The maximum absolute atomic E-state index is 11.0. The van der Waals surface area contributed by atoms with Gasteiger partial charge in [-0.2, -0.15) is 0 Å². The minimum Gasteiger partial charge on any atom is -0.316 e. The van der Waals surface area contributed by atoms with Gasteiger partial charge in [-0.1, -0.05) is 15.9 Å². The van der Waals surface area contributed by atoms with Gasteiger partial charge in [-0.05, 0) is 24.6 Å². The Labute approximate surface area is 87.1 Å². The molecule has 1 aromatic carbocycles. The first-order chi connectivity index (χ1) is 6.58. The minimum absolute atomic E-state index is 0.618. The monoisotopic (exact) mass is 254 g/mol. The molecule has 1 aromatic heterocycles. The number of hydrogen-bond donors (Lipinski definition) is 2. The molecular weight excluding hydrogens is 248 g/mol. The summed E-state index contributed by atoms with van der Waals surface area (Å²) in [6, 6.07) is 3.57. The molecule has 2 N–H and O–H groups in total. The molecule has 0 fully saturated rings. The molecule has 0 saturated heterocycles. The zero-order valence-corrected chi connectivity index (χ0v) is 8.94. The molecule has 1 heterocycles. The fourth-order valence-electron chi connectivity index (χ4n) is 1.25. The Morgan fingerprint density at radius 2 is 1.57 bits per heavy atom. The van der Waals surface area contributed by atoms with Gasteiger partial charge in [0.05, 0.1) is 11.0 Å². The first kappa shape index (κ1) is 9.21. The maximum Gasteiger partial charge on any atom is 0.314 e. The van der Waals surface area contributed by atoms with Gasteiger partial charge in [-0.15, -0.1) is 0 Å². The van der Waals surface area contributed by atoms with E-state index in [9.17, 15) is 9.59 Å². The fourth-order valence-corrected chi connectivity index (χ4v) is 1.59. The van der Waals surface area contributed by atoms with Crippen molar-refractivity contribution < 1.29 is 0 Å².